The van der Waals surface area contributed by atoms with Crippen molar-refractivity contribution in [3.63, 3.8) is 0 Å². The molecule has 0 unspecified atom stereocenters. The van der Waals surface area contributed by atoms with Gasteiger partial charge in [0.25, 0.3) is 0 Å². The SMILES string of the molecule is Cl.N#Cc1cc([C@@H](N)C(F)(F)C(F)(F)F)ccc1F. The minimum Gasteiger partial charge on any atom is -0.319 e. The van der Waals surface area contributed by atoms with Crippen LogP contribution in [0.15, 0.2) is 18.2 Å². The average molecular weight is 305 g/mol. The van der Waals surface area contributed by atoms with Crippen LogP contribution in [-0.4, -0.2) is 12.1 Å². The maximum Gasteiger partial charge on any atom is 0.455 e. The van der Waals surface area contributed by atoms with E-state index in [0.29, 0.717) is 18.2 Å². The Morgan fingerprint density at radius 1 is 1.16 bits per heavy atom. The van der Waals surface area contributed by atoms with Gasteiger partial charge in [0.05, 0.1) is 5.56 Å². The van der Waals surface area contributed by atoms with Gasteiger partial charge in [-0.05, 0) is 17.7 Å². The van der Waals surface area contributed by atoms with Crippen molar-refractivity contribution < 1.29 is 26.3 Å². The molecule has 1 atom stereocenters. The summed E-state index contributed by atoms with van der Waals surface area (Å²) in [6.07, 6.45) is -5.83. The molecule has 0 saturated heterocycles. The van der Waals surface area contributed by atoms with E-state index in [-0.39, 0.29) is 12.4 Å². The van der Waals surface area contributed by atoms with Gasteiger partial charge in [-0.15, -0.1) is 12.4 Å². The lowest BCUT2D eigenvalue weighted by Gasteiger charge is -2.26. The van der Waals surface area contributed by atoms with Crippen LogP contribution in [0.25, 0.3) is 0 Å². The first-order valence-electron chi connectivity index (χ1n) is 4.51. The number of nitrogens with two attached hydrogens (primary N) is 1. The predicted octanol–water partition coefficient (Wildman–Crippen LogP) is 3.32. The smallest absolute Gasteiger partial charge is 0.319 e. The first-order valence-corrected chi connectivity index (χ1v) is 4.51. The summed E-state index contributed by atoms with van der Waals surface area (Å²) in [5.41, 5.74) is 3.51. The molecule has 0 aliphatic carbocycles. The monoisotopic (exact) mass is 304 g/mol. The molecule has 0 spiro atoms. The van der Waals surface area contributed by atoms with E-state index in [0.717, 1.165) is 0 Å². The zero-order valence-corrected chi connectivity index (χ0v) is 9.83. The summed E-state index contributed by atoms with van der Waals surface area (Å²) in [6, 6.07) is 0.482. The molecule has 106 valence electrons. The van der Waals surface area contributed by atoms with Crippen molar-refractivity contribution in [1.29, 1.82) is 5.26 Å². The zero-order chi connectivity index (χ0) is 14.1. The van der Waals surface area contributed by atoms with Crippen molar-refractivity contribution in [3.8, 4) is 6.07 Å². The number of halogens is 7. The minimum absolute atomic E-state index is 0. The molecule has 0 saturated carbocycles. The lowest BCUT2D eigenvalue weighted by molar-refractivity contribution is -0.291. The molecular weight excluding hydrogens is 298 g/mol. The molecule has 0 aliphatic heterocycles. The van der Waals surface area contributed by atoms with Crippen LogP contribution in [0.2, 0.25) is 0 Å². The van der Waals surface area contributed by atoms with E-state index in [2.05, 4.69) is 0 Å². The molecule has 0 radical (unpaired) electrons. The fourth-order valence-corrected chi connectivity index (χ4v) is 1.21. The van der Waals surface area contributed by atoms with Crippen molar-refractivity contribution >= 4 is 12.4 Å². The Hall–Kier alpha value is -1.46. The van der Waals surface area contributed by atoms with E-state index in [1.807, 2.05) is 0 Å². The van der Waals surface area contributed by atoms with E-state index < -0.39 is 35.1 Å². The standard InChI is InChI=1S/C10H6F6N2.ClH/c11-7-2-1-5(3-6(7)4-17)8(18)9(12,13)10(14,15)16;/h1-3,8H,18H2;1H/t8-;/m1./s1. The Bertz CT molecular complexity index is 494. The number of benzene rings is 1. The minimum atomic E-state index is -5.83. The van der Waals surface area contributed by atoms with Gasteiger partial charge in [0.2, 0.25) is 0 Å². The summed E-state index contributed by atoms with van der Waals surface area (Å²) < 4.78 is 74.9. The molecule has 19 heavy (non-hydrogen) atoms. The molecule has 0 aliphatic rings. The molecule has 2 N–H and O–H groups in total. The predicted molar refractivity (Wildman–Crippen MR) is 56.3 cm³/mol. The third-order valence-electron chi connectivity index (χ3n) is 2.24. The normalized spacial score (nSPS) is 13.4. The Morgan fingerprint density at radius 2 is 1.68 bits per heavy atom. The number of nitriles is 1. The molecule has 2 nitrogen and oxygen atoms in total. The van der Waals surface area contributed by atoms with Gasteiger partial charge in [-0.25, -0.2) is 4.39 Å². The van der Waals surface area contributed by atoms with Crippen molar-refractivity contribution in [2.45, 2.75) is 18.1 Å². The number of hydrogen-bond donors (Lipinski definition) is 1. The van der Waals surface area contributed by atoms with Crippen LogP contribution in [-0.2, 0) is 0 Å². The van der Waals surface area contributed by atoms with E-state index >= 15 is 0 Å². The molecule has 1 aromatic carbocycles. The molecule has 0 amide bonds. The topological polar surface area (TPSA) is 49.8 Å². The van der Waals surface area contributed by atoms with Gasteiger partial charge in [0.1, 0.15) is 17.9 Å². The summed E-state index contributed by atoms with van der Waals surface area (Å²) in [7, 11) is 0. The quantitative estimate of drug-likeness (QED) is 0.852. The maximum atomic E-state index is 12.9. The number of hydrogen-bond acceptors (Lipinski definition) is 2. The highest BCUT2D eigenvalue weighted by Gasteiger charge is 2.61. The van der Waals surface area contributed by atoms with Gasteiger partial charge in [0, 0.05) is 0 Å². The number of rotatable bonds is 2. The Morgan fingerprint density at radius 3 is 2.11 bits per heavy atom. The van der Waals surface area contributed by atoms with Gasteiger partial charge in [0.15, 0.2) is 0 Å². The van der Waals surface area contributed by atoms with Gasteiger partial charge in [-0.3, -0.25) is 0 Å². The Labute approximate surface area is 110 Å². The molecule has 0 bridgehead atoms. The summed E-state index contributed by atoms with van der Waals surface area (Å²) in [5.74, 6) is -6.19. The fraction of sp³-hybridized carbons (Fsp3) is 0.300. The third kappa shape index (κ3) is 3.30. The van der Waals surface area contributed by atoms with Crippen molar-refractivity contribution in [2.75, 3.05) is 0 Å². The van der Waals surface area contributed by atoms with Crippen molar-refractivity contribution in [2.24, 2.45) is 5.73 Å². The van der Waals surface area contributed by atoms with Gasteiger partial charge < -0.3 is 5.73 Å². The molecule has 0 fully saturated rings. The van der Waals surface area contributed by atoms with Crippen molar-refractivity contribution in [3.05, 3.63) is 35.1 Å². The van der Waals surface area contributed by atoms with Crippen LogP contribution in [0.5, 0.6) is 0 Å². The summed E-state index contributed by atoms with van der Waals surface area (Å²) in [5, 5.41) is 8.45. The first kappa shape index (κ1) is 17.5. The fourth-order valence-electron chi connectivity index (χ4n) is 1.21. The molecular formula is C10H7ClF6N2. The Balaban J connectivity index is 0.00000324. The first-order chi connectivity index (χ1) is 8.11. The lowest BCUT2D eigenvalue weighted by atomic mass is 9.99. The molecule has 1 aromatic rings. The van der Waals surface area contributed by atoms with E-state index in [1.165, 1.54) is 6.07 Å². The van der Waals surface area contributed by atoms with Gasteiger partial charge in [-0.1, -0.05) is 6.07 Å². The van der Waals surface area contributed by atoms with Crippen LogP contribution in [0, 0.1) is 17.1 Å². The molecule has 9 heteroatoms. The van der Waals surface area contributed by atoms with Crippen LogP contribution in [0.4, 0.5) is 26.3 Å². The molecule has 0 aromatic heterocycles. The van der Waals surface area contributed by atoms with Crippen LogP contribution >= 0.6 is 12.4 Å². The second-order valence-corrected chi connectivity index (χ2v) is 3.45. The van der Waals surface area contributed by atoms with E-state index in [4.69, 9.17) is 11.0 Å². The molecule has 1 rings (SSSR count). The summed E-state index contributed by atoms with van der Waals surface area (Å²) in [4.78, 5) is 0. The van der Waals surface area contributed by atoms with E-state index in [9.17, 15) is 26.3 Å². The largest absolute Gasteiger partial charge is 0.455 e. The van der Waals surface area contributed by atoms with E-state index in [1.54, 1.807) is 0 Å². The van der Waals surface area contributed by atoms with Crippen LogP contribution in [0.1, 0.15) is 17.2 Å². The highest BCUT2D eigenvalue weighted by atomic mass is 35.5. The second kappa shape index (κ2) is 5.67. The number of nitrogens with zero attached hydrogens (tertiary/aromatic N) is 1. The highest BCUT2D eigenvalue weighted by Crippen LogP contribution is 2.43. The number of alkyl halides is 5. The third-order valence-corrected chi connectivity index (χ3v) is 2.24. The van der Waals surface area contributed by atoms with Crippen LogP contribution < -0.4 is 5.73 Å². The van der Waals surface area contributed by atoms with Crippen molar-refractivity contribution in [1.82, 2.24) is 0 Å². The average Bonchev–Trinajstić information content (AvgIpc) is 2.27. The van der Waals surface area contributed by atoms with Gasteiger partial charge in [-0.2, -0.15) is 27.2 Å². The summed E-state index contributed by atoms with van der Waals surface area (Å²) >= 11 is 0. The molecule has 0 heterocycles. The lowest BCUT2D eigenvalue weighted by Crippen LogP contribution is -2.45. The zero-order valence-electron chi connectivity index (χ0n) is 9.01. The maximum absolute atomic E-state index is 12.9. The second-order valence-electron chi connectivity index (χ2n) is 3.45. The van der Waals surface area contributed by atoms with Gasteiger partial charge >= 0.3 is 12.1 Å². The highest BCUT2D eigenvalue weighted by molar-refractivity contribution is 5.85. The summed E-state index contributed by atoms with van der Waals surface area (Å²) in [6.45, 7) is 0. The Kier molecular flexibility index (Phi) is 5.23. The van der Waals surface area contributed by atoms with Crippen LogP contribution in [0.3, 0.4) is 0 Å².